The Hall–Kier alpha value is -0.570. The van der Waals surface area contributed by atoms with Crippen molar-refractivity contribution in [2.45, 2.75) is 46.1 Å². The maximum absolute atomic E-state index is 6.28. The highest BCUT2D eigenvalue weighted by molar-refractivity contribution is 6.30. The topological polar surface area (TPSA) is 29.3 Å². The van der Waals surface area contributed by atoms with Crippen LogP contribution in [0.25, 0.3) is 0 Å². The molecule has 1 rings (SSSR count). The second-order valence-electron chi connectivity index (χ2n) is 5.53. The molecule has 0 spiro atoms. The molecule has 2 N–H and O–H groups in total. The molecule has 0 fully saturated rings. The quantitative estimate of drug-likeness (QED) is 0.727. The van der Waals surface area contributed by atoms with E-state index < -0.39 is 0 Å². The molecule has 3 heteroatoms. The van der Waals surface area contributed by atoms with Crippen LogP contribution in [-0.2, 0) is 0 Å². The average Bonchev–Trinajstić information content (AvgIpc) is 2.47. The SMILES string of the molecule is CCC(CC)CN(CC)CCC(N)c1cccc(Cl)c1. The second-order valence-corrected chi connectivity index (χ2v) is 5.96. The Morgan fingerprint density at radius 1 is 1.20 bits per heavy atom. The van der Waals surface area contributed by atoms with Crippen LogP contribution in [0.3, 0.4) is 0 Å². The number of hydrogen-bond acceptors (Lipinski definition) is 2. The molecule has 0 radical (unpaired) electrons. The van der Waals surface area contributed by atoms with Crippen LogP contribution in [-0.4, -0.2) is 24.5 Å². The van der Waals surface area contributed by atoms with E-state index in [1.165, 1.54) is 19.4 Å². The van der Waals surface area contributed by atoms with Crippen molar-refractivity contribution >= 4 is 11.6 Å². The first-order valence-corrected chi connectivity index (χ1v) is 8.21. The summed E-state index contributed by atoms with van der Waals surface area (Å²) in [6.45, 7) is 10.1. The first-order chi connectivity index (χ1) is 9.60. The molecule has 0 bridgehead atoms. The van der Waals surface area contributed by atoms with Crippen molar-refractivity contribution in [1.29, 1.82) is 0 Å². The van der Waals surface area contributed by atoms with Gasteiger partial charge in [0.1, 0.15) is 0 Å². The van der Waals surface area contributed by atoms with Gasteiger partial charge in [0.05, 0.1) is 0 Å². The maximum atomic E-state index is 6.28. The molecule has 0 aliphatic heterocycles. The van der Waals surface area contributed by atoms with E-state index in [0.717, 1.165) is 36.0 Å². The minimum absolute atomic E-state index is 0.0736. The van der Waals surface area contributed by atoms with Crippen LogP contribution in [0.15, 0.2) is 24.3 Å². The lowest BCUT2D eigenvalue weighted by atomic mass is 10.0. The average molecular weight is 297 g/mol. The van der Waals surface area contributed by atoms with Gasteiger partial charge in [0, 0.05) is 17.6 Å². The van der Waals surface area contributed by atoms with Crippen molar-refractivity contribution in [1.82, 2.24) is 4.90 Å². The highest BCUT2D eigenvalue weighted by Gasteiger charge is 2.12. The summed E-state index contributed by atoms with van der Waals surface area (Å²) in [4.78, 5) is 2.52. The smallest absolute Gasteiger partial charge is 0.0409 e. The van der Waals surface area contributed by atoms with E-state index in [2.05, 4.69) is 31.7 Å². The molecular formula is C17H29ClN2. The number of rotatable bonds is 9. The lowest BCUT2D eigenvalue weighted by Gasteiger charge is -2.26. The molecule has 20 heavy (non-hydrogen) atoms. The summed E-state index contributed by atoms with van der Waals surface area (Å²) in [5.74, 6) is 0.803. The number of nitrogens with zero attached hydrogens (tertiary/aromatic N) is 1. The standard InChI is InChI=1S/C17H29ClN2/c1-4-14(5-2)13-20(6-3)11-10-17(19)15-8-7-9-16(18)12-15/h7-9,12,14,17H,4-6,10-11,13,19H2,1-3H3. The molecule has 114 valence electrons. The van der Waals surface area contributed by atoms with Crippen molar-refractivity contribution in [2.24, 2.45) is 11.7 Å². The van der Waals surface area contributed by atoms with Crippen LogP contribution in [0.5, 0.6) is 0 Å². The third-order valence-corrected chi connectivity index (χ3v) is 4.39. The first kappa shape index (κ1) is 17.5. The van der Waals surface area contributed by atoms with Gasteiger partial charge in [-0.15, -0.1) is 0 Å². The number of hydrogen-bond donors (Lipinski definition) is 1. The van der Waals surface area contributed by atoms with Crippen LogP contribution < -0.4 is 5.73 Å². The first-order valence-electron chi connectivity index (χ1n) is 7.84. The fraction of sp³-hybridized carbons (Fsp3) is 0.647. The Morgan fingerprint density at radius 3 is 2.45 bits per heavy atom. The Morgan fingerprint density at radius 2 is 1.90 bits per heavy atom. The molecule has 0 aromatic heterocycles. The normalized spacial score (nSPS) is 13.2. The summed E-state index contributed by atoms with van der Waals surface area (Å²) < 4.78 is 0. The Balaban J connectivity index is 2.47. The monoisotopic (exact) mass is 296 g/mol. The summed E-state index contributed by atoms with van der Waals surface area (Å²) in [6, 6.07) is 7.98. The summed E-state index contributed by atoms with van der Waals surface area (Å²) in [5, 5.41) is 0.766. The van der Waals surface area contributed by atoms with Crippen molar-refractivity contribution in [3.63, 3.8) is 0 Å². The highest BCUT2D eigenvalue weighted by atomic mass is 35.5. The Kier molecular flexibility index (Phi) is 8.20. The predicted molar refractivity (Wildman–Crippen MR) is 89.2 cm³/mol. The molecule has 0 heterocycles. The van der Waals surface area contributed by atoms with Gasteiger partial charge in [0.25, 0.3) is 0 Å². The summed E-state index contributed by atoms with van der Waals surface area (Å²) in [6.07, 6.45) is 3.50. The largest absolute Gasteiger partial charge is 0.324 e. The molecule has 1 aromatic carbocycles. The van der Waals surface area contributed by atoms with Crippen molar-refractivity contribution in [3.05, 3.63) is 34.9 Å². The maximum Gasteiger partial charge on any atom is 0.0409 e. The van der Waals surface area contributed by atoms with Gasteiger partial charge in [0.15, 0.2) is 0 Å². The number of benzene rings is 1. The zero-order valence-electron chi connectivity index (χ0n) is 13.1. The van der Waals surface area contributed by atoms with Crippen molar-refractivity contribution in [3.8, 4) is 0 Å². The highest BCUT2D eigenvalue weighted by Crippen LogP contribution is 2.19. The van der Waals surface area contributed by atoms with E-state index in [-0.39, 0.29) is 6.04 Å². The minimum atomic E-state index is 0.0736. The molecule has 0 saturated heterocycles. The van der Waals surface area contributed by atoms with E-state index in [9.17, 15) is 0 Å². The van der Waals surface area contributed by atoms with Gasteiger partial charge in [-0.25, -0.2) is 0 Å². The molecule has 0 aliphatic rings. The molecule has 0 aliphatic carbocycles. The van der Waals surface area contributed by atoms with Gasteiger partial charge in [-0.2, -0.15) is 0 Å². The van der Waals surface area contributed by atoms with Gasteiger partial charge in [-0.3, -0.25) is 0 Å². The van der Waals surface area contributed by atoms with E-state index >= 15 is 0 Å². The fourth-order valence-electron chi connectivity index (χ4n) is 2.52. The summed E-state index contributed by atoms with van der Waals surface area (Å²) in [7, 11) is 0. The molecule has 1 atom stereocenters. The van der Waals surface area contributed by atoms with E-state index in [1.54, 1.807) is 0 Å². The van der Waals surface area contributed by atoms with Crippen LogP contribution in [0.2, 0.25) is 5.02 Å². The van der Waals surface area contributed by atoms with Gasteiger partial charge in [0.2, 0.25) is 0 Å². The molecule has 1 unspecified atom stereocenters. The predicted octanol–water partition coefficient (Wildman–Crippen LogP) is 4.49. The van der Waals surface area contributed by atoms with Gasteiger partial charge >= 0.3 is 0 Å². The lowest BCUT2D eigenvalue weighted by Crippen LogP contribution is -2.31. The molecular weight excluding hydrogens is 268 g/mol. The molecule has 2 nitrogen and oxygen atoms in total. The fourth-order valence-corrected chi connectivity index (χ4v) is 2.71. The van der Waals surface area contributed by atoms with Gasteiger partial charge in [-0.05, 0) is 43.1 Å². The summed E-state index contributed by atoms with van der Waals surface area (Å²) >= 11 is 6.02. The molecule has 0 amide bonds. The van der Waals surface area contributed by atoms with Crippen LogP contribution in [0.1, 0.15) is 51.6 Å². The van der Waals surface area contributed by atoms with Crippen LogP contribution in [0.4, 0.5) is 0 Å². The Labute approximate surface area is 129 Å². The zero-order chi connectivity index (χ0) is 15.0. The second kappa shape index (κ2) is 9.38. The van der Waals surface area contributed by atoms with Gasteiger partial charge < -0.3 is 10.6 Å². The zero-order valence-corrected chi connectivity index (χ0v) is 13.9. The lowest BCUT2D eigenvalue weighted by molar-refractivity contribution is 0.226. The number of nitrogens with two attached hydrogens (primary N) is 1. The third kappa shape index (κ3) is 5.82. The minimum Gasteiger partial charge on any atom is -0.324 e. The van der Waals surface area contributed by atoms with Gasteiger partial charge in [-0.1, -0.05) is 57.3 Å². The van der Waals surface area contributed by atoms with Crippen LogP contribution >= 0.6 is 11.6 Å². The van der Waals surface area contributed by atoms with Crippen molar-refractivity contribution in [2.75, 3.05) is 19.6 Å². The third-order valence-electron chi connectivity index (χ3n) is 4.15. The van der Waals surface area contributed by atoms with E-state index in [0.29, 0.717) is 0 Å². The van der Waals surface area contributed by atoms with Crippen LogP contribution in [0, 0.1) is 5.92 Å². The van der Waals surface area contributed by atoms with Crippen molar-refractivity contribution < 1.29 is 0 Å². The number of halogens is 1. The molecule has 0 saturated carbocycles. The summed E-state index contributed by atoms with van der Waals surface area (Å²) in [5.41, 5.74) is 7.41. The van der Waals surface area contributed by atoms with E-state index in [4.69, 9.17) is 17.3 Å². The Bertz CT molecular complexity index is 377. The van der Waals surface area contributed by atoms with E-state index in [1.807, 2.05) is 18.2 Å². The molecule has 1 aromatic rings.